The number of amides is 1. The number of hydrogen-bond donors (Lipinski definition) is 1. The van der Waals surface area contributed by atoms with Crippen molar-refractivity contribution in [3.63, 3.8) is 0 Å². The molecule has 4 heteroatoms. The Bertz CT molecular complexity index is 349. The lowest BCUT2D eigenvalue weighted by molar-refractivity contribution is 0.0744. The van der Waals surface area contributed by atoms with Crippen LogP contribution in [0.5, 0.6) is 0 Å². The van der Waals surface area contributed by atoms with Gasteiger partial charge in [-0.1, -0.05) is 12.1 Å². The fraction of sp³-hybridized carbons (Fsp3) is 0.462. The van der Waals surface area contributed by atoms with Crippen molar-refractivity contribution in [2.75, 3.05) is 33.9 Å². The van der Waals surface area contributed by atoms with Gasteiger partial charge in [0.15, 0.2) is 0 Å². The van der Waals surface area contributed by atoms with E-state index in [1.165, 1.54) is 0 Å². The van der Waals surface area contributed by atoms with Crippen molar-refractivity contribution in [2.24, 2.45) is 5.73 Å². The van der Waals surface area contributed by atoms with Crippen molar-refractivity contribution in [2.45, 2.75) is 6.42 Å². The van der Waals surface area contributed by atoms with Crippen LogP contribution in [0.2, 0.25) is 0 Å². The molecule has 0 aliphatic heterocycles. The molecule has 0 atom stereocenters. The molecule has 0 unspecified atom stereocenters. The number of likely N-dealkylation sites (N-methyl/N-ethyl adjacent to an activating group) is 1. The maximum Gasteiger partial charge on any atom is 0.253 e. The Kier molecular flexibility index (Phi) is 5.66. The third-order valence-corrected chi connectivity index (χ3v) is 2.61. The van der Waals surface area contributed by atoms with E-state index in [1.54, 1.807) is 19.1 Å². The van der Waals surface area contributed by atoms with Crippen LogP contribution in [0, 0.1) is 0 Å². The van der Waals surface area contributed by atoms with E-state index >= 15 is 0 Å². The molecule has 0 saturated heterocycles. The zero-order valence-corrected chi connectivity index (χ0v) is 10.5. The molecule has 1 rings (SSSR count). The number of benzene rings is 1. The molecule has 0 spiro atoms. The average molecular weight is 236 g/mol. The van der Waals surface area contributed by atoms with Crippen LogP contribution in [0.15, 0.2) is 24.3 Å². The molecule has 2 N–H and O–H groups in total. The van der Waals surface area contributed by atoms with E-state index in [-0.39, 0.29) is 5.91 Å². The first-order valence-corrected chi connectivity index (χ1v) is 5.72. The van der Waals surface area contributed by atoms with E-state index < -0.39 is 0 Å². The summed E-state index contributed by atoms with van der Waals surface area (Å²) in [7, 11) is 3.40. The van der Waals surface area contributed by atoms with Gasteiger partial charge in [0.2, 0.25) is 0 Å². The van der Waals surface area contributed by atoms with Crippen LogP contribution in [-0.2, 0) is 11.2 Å². The Hall–Kier alpha value is -1.39. The van der Waals surface area contributed by atoms with Gasteiger partial charge in [-0.15, -0.1) is 0 Å². The minimum Gasteiger partial charge on any atom is -0.383 e. The number of methoxy groups -OCH3 is 1. The van der Waals surface area contributed by atoms with Gasteiger partial charge in [-0.25, -0.2) is 0 Å². The molecular formula is C13H20N2O2. The van der Waals surface area contributed by atoms with E-state index in [2.05, 4.69) is 0 Å². The standard InChI is InChI=1S/C13H20N2O2/c1-15(9-10-17-2)13(16)12-5-3-11(4-6-12)7-8-14/h3-6H,7-10,14H2,1-2H3. The van der Waals surface area contributed by atoms with Crippen LogP contribution in [0.25, 0.3) is 0 Å². The van der Waals surface area contributed by atoms with Gasteiger partial charge in [-0.05, 0) is 30.7 Å². The Labute approximate surface area is 102 Å². The second-order valence-electron chi connectivity index (χ2n) is 3.96. The van der Waals surface area contributed by atoms with Crippen molar-refractivity contribution in [3.8, 4) is 0 Å². The summed E-state index contributed by atoms with van der Waals surface area (Å²) in [6.07, 6.45) is 0.841. The molecule has 1 amide bonds. The Morgan fingerprint density at radius 1 is 1.35 bits per heavy atom. The molecule has 0 aliphatic rings. The number of rotatable bonds is 6. The Morgan fingerprint density at radius 2 is 2.00 bits per heavy atom. The van der Waals surface area contributed by atoms with Crippen LogP contribution in [0.1, 0.15) is 15.9 Å². The highest BCUT2D eigenvalue weighted by molar-refractivity contribution is 5.94. The Balaban J connectivity index is 2.62. The molecule has 0 heterocycles. The normalized spacial score (nSPS) is 10.3. The van der Waals surface area contributed by atoms with Gasteiger partial charge < -0.3 is 15.4 Å². The van der Waals surface area contributed by atoms with Crippen LogP contribution in [0.4, 0.5) is 0 Å². The molecule has 0 aliphatic carbocycles. The maximum atomic E-state index is 12.0. The monoisotopic (exact) mass is 236 g/mol. The molecule has 0 saturated carbocycles. The van der Waals surface area contributed by atoms with E-state index in [1.807, 2.05) is 24.3 Å². The molecule has 0 radical (unpaired) electrons. The first kappa shape index (κ1) is 13.7. The average Bonchev–Trinajstić information content (AvgIpc) is 2.36. The van der Waals surface area contributed by atoms with Crippen molar-refractivity contribution in [1.29, 1.82) is 0 Å². The van der Waals surface area contributed by atoms with Gasteiger partial charge in [-0.3, -0.25) is 4.79 Å². The highest BCUT2D eigenvalue weighted by atomic mass is 16.5. The lowest BCUT2D eigenvalue weighted by atomic mass is 10.1. The van der Waals surface area contributed by atoms with Crippen molar-refractivity contribution >= 4 is 5.91 Å². The molecule has 94 valence electrons. The van der Waals surface area contributed by atoms with E-state index in [4.69, 9.17) is 10.5 Å². The highest BCUT2D eigenvalue weighted by Gasteiger charge is 2.10. The van der Waals surface area contributed by atoms with Gasteiger partial charge in [-0.2, -0.15) is 0 Å². The minimum absolute atomic E-state index is 0.0151. The second kappa shape index (κ2) is 7.04. The largest absolute Gasteiger partial charge is 0.383 e. The lowest BCUT2D eigenvalue weighted by Gasteiger charge is -2.16. The second-order valence-corrected chi connectivity index (χ2v) is 3.96. The number of carbonyl (C=O) groups is 1. The minimum atomic E-state index is 0.0151. The van der Waals surface area contributed by atoms with Crippen LogP contribution in [0.3, 0.4) is 0 Å². The third kappa shape index (κ3) is 4.17. The predicted molar refractivity (Wildman–Crippen MR) is 68.0 cm³/mol. The molecule has 17 heavy (non-hydrogen) atoms. The fourth-order valence-electron chi connectivity index (χ4n) is 1.53. The summed E-state index contributed by atoms with van der Waals surface area (Å²) in [5, 5.41) is 0. The zero-order chi connectivity index (χ0) is 12.7. The van der Waals surface area contributed by atoms with Crippen molar-refractivity contribution in [1.82, 2.24) is 4.90 Å². The quantitative estimate of drug-likeness (QED) is 0.798. The number of hydrogen-bond acceptors (Lipinski definition) is 3. The third-order valence-electron chi connectivity index (χ3n) is 2.61. The lowest BCUT2D eigenvalue weighted by Crippen LogP contribution is -2.29. The predicted octanol–water partition coefficient (Wildman–Crippen LogP) is 0.906. The smallest absolute Gasteiger partial charge is 0.253 e. The van der Waals surface area contributed by atoms with Gasteiger partial charge in [0.1, 0.15) is 0 Å². The van der Waals surface area contributed by atoms with Gasteiger partial charge in [0, 0.05) is 26.3 Å². The first-order valence-electron chi connectivity index (χ1n) is 5.72. The molecule has 4 nitrogen and oxygen atoms in total. The summed E-state index contributed by atoms with van der Waals surface area (Å²) in [6, 6.07) is 7.59. The number of nitrogens with two attached hydrogens (primary N) is 1. The fourth-order valence-corrected chi connectivity index (χ4v) is 1.53. The molecule has 1 aromatic rings. The molecule has 0 fully saturated rings. The summed E-state index contributed by atoms with van der Waals surface area (Å²) in [6.45, 7) is 1.77. The molecule has 1 aromatic carbocycles. The summed E-state index contributed by atoms with van der Waals surface area (Å²) < 4.78 is 4.94. The van der Waals surface area contributed by atoms with Gasteiger partial charge in [0.05, 0.1) is 6.61 Å². The zero-order valence-electron chi connectivity index (χ0n) is 10.5. The molecule has 0 aromatic heterocycles. The summed E-state index contributed by atoms with van der Waals surface area (Å²) in [4.78, 5) is 13.6. The maximum absolute atomic E-state index is 12.0. The molecular weight excluding hydrogens is 216 g/mol. The van der Waals surface area contributed by atoms with E-state index in [9.17, 15) is 4.79 Å². The number of carbonyl (C=O) groups excluding carboxylic acids is 1. The summed E-state index contributed by atoms with van der Waals surface area (Å²) in [5.41, 5.74) is 7.33. The number of ether oxygens (including phenoxy) is 1. The van der Waals surface area contributed by atoms with Crippen LogP contribution >= 0.6 is 0 Å². The number of nitrogens with zero attached hydrogens (tertiary/aromatic N) is 1. The van der Waals surface area contributed by atoms with E-state index in [0.717, 1.165) is 12.0 Å². The SMILES string of the molecule is COCCN(C)C(=O)c1ccc(CCN)cc1. The van der Waals surface area contributed by atoms with Crippen molar-refractivity contribution in [3.05, 3.63) is 35.4 Å². The highest BCUT2D eigenvalue weighted by Crippen LogP contribution is 2.07. The Morgan fingerprint density at radius 3 is 2.53 bits per heavy atom. The van der Waals surface area contributed by atoms with Gasteiger partial charge >= 0.3 is 0 Å². The first-order chi connectivity index (χ1) is 8.19. The summed E-state index contributed by atoms with van der Waals surface area (Å²) in [5.74, 6) is 0.0151. The van der Waals surface area contributed by atoms with Gasteiger partial charge in [0.25, 0.3) is 5.91 Å². The summed E-state index contributed by atoms with van der Waals surface area (Å²) >= 11 is 0. The van der Waals surface area contributed by atoms with Crippen LogP contribution in [-0.4, -0.2) is 44.7 Å². The topological polar surface area (TPSA) is 55.6 Å². The molecule has 0 bridgehead atoms. The van der Waals surface area contributed by atoms with E-state index in [0.29, 0.717) is 25.3 Å². The van der Waals surface area contributed by atoms with Crippen molar-refractivity contribution < 1.29 is 9.53 Å². The van der Waals surface area contributed by atoms with Crippen LogP contribution < -0.4 is 5.73 Å².